The van der Waals surface area contributed by atoms with E-state index < -0.39 is 4.92 Å². The van der Waals surface area contributed by atoms with Gasteiger partial charge in [-0.3, -0.25) is 10.1 Å². The van der Waals surface area contributed by atoms with Gasteiger partial charge in [-0.05, 0) is 59.6 Å². The largest absolute Gasteiger partial charge is 0.457 e. The van der Waals surface area contributed by atoms with E-state index in [-0.39, 0.29) is 5.69 Å². The number of hydrogen-bond acceptors (Lipinski definition) is 4. The zero-order chi connectivity index (χ0) is 15.6. The molecular formula is C15H11BrN2O3. The van der Waals surface area contributed by atoms with Gasteiger partial charge in [0.05, 0.1) is 16.6 Å². The number of halogens is 1. The van der Waals surface area contributed by atoms with Gasteiger partial charge < -0.3 is 4.74 Å². The standard InChI is InChI=1S/C15H11BrN2O3/c1-9-5-10(2)15(7-14(9)18(19)20)21-12-4-3-11(8-17)13(16)6-12/h3-7H,1-2H3. The Hall–Kier alpha value is -2.39. The number of ether oxygens (including phenoxy) is 1. The molecule has 5 nitrogen and oxygen atoms in total. The van der Waals surface area contributed by atoms with Crippen molar-refractivity contribution in [3.63, 3.8) is 0 Å². The Morgan fingerprint density at radius 2 is 1.95 bits per heavy atom. The second-order valence-electron chi connectivity index (χ2n) is 4.52. The highest BCUT2D eigenvalue weighted by molar-refractivity contribution is 9.10. The van der Waals surface area contributed by atoms with Gasteiger partial charge in [-0.2, -0.15) is 5.26 Å². The monoisotopic (exact) mass is 346 g/mol. The summed E-state index contributed by atoms with van der Waals surface area (Å²) < 4.78 is 6.30. The summed E-state index contributed by atoms with van der Waals surface area (Å²) in [5.41, 5.74) is 1.90. The van der Waals surface area contributed by atoms with Crippen LogP contribution in [0.25, 0.3) is 0 Å². The third kappa shape index (κ3) is 3.20. The lowest BCUT2D eigenvalue weighted by molar-refractivity contribution is -0.385. The van der Waals surface area contributed by atoms with Gasteiger partial charge in [0.15, 0.2) is 0 Å². The molecule has 2 aromatic rings. The quantitative estimate of drug-likeness (QED) is 0.599. The molecule has 0 amide bonds. The van der Waals surface area contributed by atoms with Crippen molar-refractivity contribution >= 4 is 21.6 Å². The third-order valence-corrected chi connectivity index (χ3v) is 3.64. The van der Waals surface area contributed by atoms with Crippen LogP contribution in [0.3, 0.4) is 0 Å². The molecule has 106 valence electrons. The summed E-state index contributed by atoms with van der Waals surface area (Å²) in [4.78, 5) is 10.5. The number of aryl methyl sites for hydroxylation is 2. The fourth-order valence-corrected chi connectivity index (χ4v) is 2.35. The van der Waals surface area contributed by atoms with Gasteiger partial charge in [-0.25, -0.2) is 0 Å². The van der Waals surface area contributed by atoms with E-state index >= 15 is 0 Å². The summed E-state index contributed by atoms with van der Waals surface area (Å²) >= 11 is 3.28. The van der Waals surface area contributed by atoms with Crippen LogP contribution in [-0.2, 0) is 0 Å². The van der Waals surface area contributed by atoms with E-state index in [2.05, 4.69) is 15.9 Å². The van der Waals surface area contributed by atoms with Crippen LogP contribution in [0.15, 0.2) is 34.8 Å². The summed E-state index contributed by atoms with van der Waals surface area (Å²) in [6, 6.07) is 10.1. The van der Waals surface area contributed by atoms with Gasteiger partial charge in [0.1, 0.15) is 17.6 Å². The van der Waals surface area contributed by atoms with Crippen LogP contribution in [0.2, 0.25) is 0 Å². The highest BCUT2D eigenvalue weighted by Gasteiger charge is 2.15. The number of nitrogens with zero attached hydrogens (tertiary/aromatic N) is 2. The number of rotatable bonds is 3. The van der Waals surface area contributed by atoms with Crippen LogP contribution < -0.4 is 4.74 Å². The molecule has 0 unspecified atom stereocenters. The minimum Gasteiger partial charge on any atom is -0.457 e. The van der Waals surface area contributed by atoms with Crippen molar-refractivity contribution in [3.8, 4) is 17.6 Å². The molecule has 6 heteroatoms. The molecule has 0 N–H and O–H groups in total. The molecule has 0 bridgehead atoms. The molecule has 2 rings (SSSR count). The van der Waals surface area contributed by atoms with Crippen LogP contribution in [-0.4, -0.2) is 4.92 Å². The maximum absolute atomic E-state index is 11.0. The minimum atomic E-state index is -0.434. The number of nitro groups is 1. The normalized spacial score (nSPS) is 10.0. The molecule has 0 radical (unpaired) electrons. The maximum Gasteiger partial charge on any atom is 0.276 e. The molecule has 0 aliphatic carbocycles. The fraction of sp³-hybridized carbons (Fsp3) is 0.133. The predicted octanol–water partition coefficient (Wildman–Crippen LogP) is 4.64. The van der Waals surface area contributed by atoms with Gasteiger partial charge in [-0.1, -0.05) is 0 Å². The smallest absolute Gasteiger partial charge is 0.276 e. The SMILES string of the molecule is Cc1cc(C)c([N+](=O)[O-])cc1Oc1ccc(C#N)c(Br)c1. The zero-order valence-corrected chi connectivity index (χ0v) is 13.0. The Bertz CT molecular complexity index is 766. The van der Waals surface area contributed by atoms with Gasteiger partial charge in [0.2, 0.25) is 0 Å². The fourth-order valence-electron chi connectivity index (χ4n) is 1.91. The summed E-state index contributed by atoms with van der Waals surface area (Å²) in [6.07, 6.45) is 0. The summed E-state index contributed by atoms with van der Waals surface area (Å²) in [6.45, 7) is 3.51. The first-order valence-electron chi connectivity index (χ1n) is 6.05. The minimum absolute atomic E-state index is 0.0170. The van der Waals surface area contributed by atoms with Crippen molar-refractivity contribution in [1.29, 1.82) is 5.26 Å². The van der Waals surface area contributed by atoms with E-state index in [0.717, 1.165) is 5.56 Å². The highest BCUT2D eigenvalue weighted by atomic mass is 79.9. The van der Waals surface area contributed by atoms with Crippen molar-refractivity contribution in [3.05, 3.63) is 61.6 Å². The van der Waals surface area contributed by atoms with Crippen LogP contribution in [0.5, 0.6) is 11.5 Å². The average molecular weight is 347 g/mol. The second-order valence-corrected chi connectivity index (χ2v) is 5.37. The maximum atomic E-state index is 11.0. The van der Waals surface area contributed by atoms with Crippen LogP contribution in [0, 0.1) is 35.3 Å². The average Bonchev–Trinajstić information content (AvgIpc) is 2.41. The van der Waals surface area contributed by atoms with E-state index in [1.54, 1.807) is 31.2 Å². The lowest BCUT2D eigenvalue weighted by Gasteiger charge is -2.10. The molecule has 0 atom stereocenters. The van der Waals surface area contributed by atoms with E-state index in [9.17, 15) is 10.1 Å². The Kier molecular flexibility index (Phi) is 4.24. The van der Waals surface area contributed by atoms with Crippen molar-refractivity contribution in [2.24, 2.45) is 0 Å². The Morgan fingerprint density at radius 1 is 1.24 bits per heavy atom. The predicted molar refractivity (Wildman–Crippen MR) is 81.5 cm³/mol. The van der Waals surface area contributed by atoms with Gasteiger partial charge >= 0.3 is 0 Å². The summed E-state index contributed by atoms with van der Waals surface area (Å²) in [5.74, 6) is 0.922. The molecule has 0 saturated carbocycles. The first kappa shape index (κ1) is 15.0. The third-order valence-electron chi connectivity index (χ3n) is 2.98. The molecule has 0 aliphatic rings. The Morgan fingerprint density at radius 3 is 2.52 bits per heavy atom. The first-order chi connectivity index (χ1) is 9.92. The van der Waals surface area contributed by atoms with Crippen molar-refractivity contribution in [2.75, 3.05) is 0 Å². The van der Waals surface area contributed by atoms with Crippen molar-refractivity contribution < 1.29 is 9.66 Å². The van der Waals surface area contributed by atoms with Crippen molar-refractivity contribution in [1.82, 2.24) is 0 Å². The molecule has 0 heterocycles. The number of nitro benzene ring substituents is 1. The number of benzene rings is 2. The topological polar surface area (TPSA) is 76.2 Å². The zero-order valence-electron chi connectivity index (χ0n) is 11.4. The lowest BCUT2D eigenvalue weighted by Crippen LogP contribution is -1.95. The second kappa shape index (κ2) is 5.94. The molecule has 21 heavy (non-hydrogen) atoms. The molecule has 0 spiro atoms. The van der Waals surface area contributed by atoms with Crippen molar-refractivity contribution in [2.45, 2.75) is 13.8 Å². The molecule has 0 saturated heterocycles. The van der Waals surface area contributed by atoms with Crippen LogP contribution >= 0.6 is 15.9 Å². The highest BCUT2D eigenvalue weighted by Crippen LogP contribution is 2.33. The summed E-state index contributed by atoms with van der Waals surface area (Å²) in [5, 5.41) is 19.9. The molecule has 0 fully saturated rings. The lowest BCUT2D eigenvalue weighted by atomic mass is 10.1. The molecule has 0 aromatic heterocycles. The number of hydrogen-bond donors (Lipinski definition) is 0. The van der Waals surface area contributed by atoms with Crippen LogP contribution in [0.1, 0.15) is 16.7 Å². The first-order valence-corrected chi connectivity index (χ1v) is 6.85. The number of nitriles is 1. The Balaban J connectivity index is 2.40. The van der Waals surface area contributed by atoms with E-state index in [1.165, 1.54) is 6.07 Å². The van der Waals surface area contributed by atoms with E-state index in [4.69, 9.17) is 10.00 Å². The van der Waals surface area contributed by atoms with Crippen LogP contribution in [0.4, 0.5) is 5.69 Å². The van der Waals surface area contributed by atoms with Gasteiger partial charge in [0.25, 0.3) is 5.69 Å². The van der Waals surface area contributed by atoms with E-state index in [0.29, 0.717) is 27.1 Å². The van der Waals surface area contributed by atoms with Gasteiger partial charge in [-0.15, -0.1) is 0 Å². The Labute approximate surface area is 130 Å². The molecule has 0 aliphatic heterocycles. The van der Waals surface area contributed by atoms with Gasteiger partial charge in [0, 0.05) is 10.0 Å². The molecular weight excluding hydrogens is 336 g/mol. The summed E-state index contributed by atoms with van der Waals surface area (Å²) in [7, 11) is 0. The van der Waals surface area contributed by atoms with E-state index in [1.807, 2.05) is 13.0 Å². The molecule has 2 aromatic carbocycles.